The van der Waals surface area contributed by atoms with Gasteiger partial charge in [-0.25, -0.2) is 4.68 Å². The van der Waals surface area contributed by atoms with Crippen molar-refractivity contribution in [3.05, 3.63) is 16.6 Å². The molecule has 0 aliphatic carbocycles. The summed E-state index contributed by atoms with van der Waals surface area (Å²) >= 11 is 6.84. The molecular formula is C11H18N4S2. The Morgan fingerprint density at radius 3 is 2.88 bits per heavy atom. The van der Waals surface area contributed by atoms with Gasteiger partial charge in [0, 0.05) is 6.54 Å². The molecule has 0 aromatic carbocycles. The highest BCUT2D eigenvalue weighted by Crippen LogP contribution is 2.16. The molecular weight excluding hydrogens is 252 g/mol. The van der Waals surface area contributed by atoms with Crippen molar-refractivity contribution >= 4 is 28.7 Å². The first-order chi connectivity index (χ1) is 8.29. The molecule has 0 saturated carbocycles. The molecule has 1 aliphatic heterocycles. The summed E-state index contributed by atoms with van der Waals surface area (Å²) in [6.45, 7) is 7.55. The molecule has 0 bridgehead atoms. The maximum atomic E-state index is 5.32. The van der Waals surface area contributed by atoms with Crippen LogP contribution in [0.5, 0.6) is 0 Å². The van der Waals surface area contributed by atoms with Crippen LogP contribution in [0.2, 0.25) is 0 Å². The molecule has 4 nitrogen and oxygen atoms in total. The zero-order valence-corrected chi connectivity index (χ0v) is 11.5. The summed E-state index contributed by atoms with van der Waals surface area (Å²) < 4.78 is 2.75. The molecule has 1 aliphatic rings. The first kappa shape index (κ1) is 12.7. The largest absolute Gasteiger partial charge is 0.357 e. The molecule has 0 radical (unpaired) electrons. The zero-order chi connectivity index (χ0) is 12.1. The van der Waals surface area contributed by atoms with E-state index in [1.807, 2.05) is 10.8 Å². The molecule has 0 atom stereocenters. The summed E-state index contributed by atoms with van der Waals surface area (Å²) in [5.74, 6) is 0. The smallest absolute Gasteiger partial charge is 0.204 e. The van der Waals surface area contributed by atoms with Crippen molar-refractivity contribution in [1.29, 1.82) is 0 Å². The van der Waals surface area contributed by atoms with E-state index < -0.39 is 0 Å². The van der Waals surface area contributed by atoms with Crippen LogP contribution >= 0.6 is 23.6 Å². The third-order valence-electron chi connectivity index (χ3n) is 2.79. The van der Waals surface area contributed by atoms with E-state index in [1.54, 1.807) is 0 Å². The molecule has 1 aromatic heterocycles. The Morgan fingerprint density at radius 2 is 2.18 bits per heavy atom. The predicted molar refractivity (Wildman–Crippen MR) is 75.0 cm³/mol. The van der Waals surface area contributed by atoms with Gasteiger partial charge in [0.05, 0.1) is 6.67 Å². The van der Waals surface area contributed by atoms with Gasteiger partial charge in [-0.15, -0.1) is 11.7 Å². The van der Waals surface area contributed by atoms with Crippen molar-refractivity contribution in [3.8, 4) is 0 Å². The highest BCUT2D eigenvalue weighted by Gasteiger charge is 2.12. The van der Waals surface area contributed by atoms with Crippen molar-refractivity contribution in [2.45, 2.75) is 25.9 Å². The number of piperidine rings is 1. The average Bonchev–Trinajstić information content (AvgIpc) is 2.69. The van der Waals surface area contributed by atoms with Crippen molar-refractivity contribution in [1.82, 2.24) is 14.7 Å². The first-order valence-electron chi connectivity index (χ1n) is 5.94. The number of hydrogen-bond acceptors (Lipinski definition) is 5. The van der Waals surface area contributed by atoms with E-state index in [9.17, 15) is 0 Å². The van der Waals surface area contributed by atoms with Gasteiger partial charge in [-0.05, 0) is 38.1 Å². The summed E-state index contributed by atoms with van der Waals surface area (Å²) in [5.41, 5.74) is 0. The zero-order valence-electron chi connectivity index (χ0n) is 9.89. The fourth-order valence-corrected chi connectivity index (χ4v) is 2.92. The van der Waals surface area contributed by atoms with Gasteiger partial charge in [-0.2, -0.15) is 0 Å². The quantitative estimate of drug-likeness (QED) is 0.659. The predicted octanol–water partition coefficient (Wildman–Crippen LogP) is 2.72. The number of nitrogens with one attached hydrogen (secondary N) is 1. The Morgan fingerprint density at radius 1 is 1.41 bits per heavy atom. The lowest BCUT2D eigenvalue weighted by molar-refractivity contribution is 0.173. The van der Waals surface area contributed by atoms with E-state index in [4.69, 9.17) is 12.2 Å². The van der Waals surface area contributed by atoms with Crippen molar-refractivity contribution in [2.24, 2.45) is 0 Å². The fraction of sp³-hybridized carbons (Fsp3) is 0.636. The van der Waals surface area contributed by atoms with Gasteiger partial charge in [0.1, 0.15) is 0 Å². The average molecular weight is 270 g/mol. The molecule has 94 valence electrons. The van der Waals surface area contributed by atoms with Gasteiger partial charge in [0.2, 0.25) is 5.13 Å². The molecule has 1 N–H and O–H groups in total. The number of likely N-dealkylation sites (tertiary alicyclic amines) is 1. The standard InChI is InChI=1S/C11H18N4S2/c1-2-6-12-10-13-15(11(16)17-10)9-14-7-4-3-5-8-14/h2H,1,3-9H2,(H,12,13). The maximum Gasteiger partial charge on any atom is 0.204 e. The van der Waals surface area contributed by atoms with Crippen LogP contribution in [0.25, 0.3) is 0 Å². The third kappa shape index (κ3) is 3.62. The summed E-state index contributed by atoms with van der Waals surface area (Å²) in [4.78, 5) is 2.41. The van der Waals surface area contributed by atoms with Crippen LogP contribution in [0, 0.1) is 3.95 Å². The maximum absolute atomic E-state index is 5.32. The number of aromatic nitrogens is 2. The monoisotopic (exact) mass is 270 g/mol. The number of nitrogens with zero attached hydrogens (tertiary/aromatic N) is 3. The van der Waals surface area contributed by atoms with E-state index in [0.29, 0.717) is 0 Å². The number of hydrogen-bond donors (Lipinski definition) is 1. The first-order valence-corrected chi connectivity index (χ1v) is 7.17. The van der Waals surface area contributed by atoms with Crippen LogP contribution in [0.4, 0.5) is 5.13 Å². The second-order valence-electron chi connectivity index (χ2n) is 4.16. The van der Waals surface area contributed by atoms with Gasteiger partial charge in [-0.3, -0.25) is 4.90 Å². The lowest BCUT2D eigenvalue weighted by atomic mass is 10.1. The van der Waals surface area contributed by atoms with Crippen LogP contribution in [0.3, 0.4) is 0 Å². The lowest BCUT2D eigenvalue weighted by Gasteiger charge is -2.25. The second kappa shape index (κ2) is 6.28. The van der Waals surface area contributed by atoms with Crippen molar-refractivity contribution in [2.75, 3.05) is 25.0 Å². The second-order valence-corrected chi connectivity index (χ2v) is 5.78. The van der Waals surface area contributed by atoms with Crippen LogP contribution in [-0.2, 0) is 6.67 Å². The number of rotatable bonds is 5. The molecule has 2 heterocycles. The molecule has 17 heavy (non-hydrogen) atoms. The van der Waals surface area contributed by atoms with E-state index in [1.165, 1.54) is 30.6 Å². The van der Waals surface area contributed by atoms with E-state index in [0.717, 1.165) is 35.4 Å². The molecule has 0 unspecified atom stereocenters. The Bertz CT molecular complexity index is 417. The van der Waals surface area contributed by atoms with Gasteiger partial charge < -0.3 is 5.32 Å². The molecule has 0 amide bonds. The lowest BCUT2D eigenvalue weighted by Crippen LogP contribution is -2.32. The Balaban J connectivity index is 1.97. The summed E-state index contributed by atoms with van der Waals surface area (Å²) in [5, 5.41) is 8.53. The van der Waals surface area contributed by atoms with E-state index >= 15 is 0 Å². The Hall–Kier alpha value is -0.720. The van der Waals surface area contributed by atoms with Crippen LogP contribution in [0.15, 0.2) is 12.7 Å². The van der Waals surface area contributed by atoms with Gasteiger partial charge in [0.25, 0.3) is 0 Å². The highest BCUT2D eigenvalue weighted by atomic mass is 32.1. The molecule has 6 heteroatoms. The van der Waals surface area contributed by atoms with Crippen LogP contribution in [-0.4, -0.2) is 34.3 Å². The summed E-state index contributed by atoms with van der Waals surface area (Å²) in [7, 11) is 0. The van der Waals surface area contributed by atoms with Gasteiger partial charge >= 0.3 is 0 Å². The fourth-order valence-electron chi connectivity index (χ4n) is 1.92. The van der Waals surface area contributed by atoms with Crippen molar-refractivity contribution < 1.29 is 0 Å². The van der Waals surface area contributed by atoms with Crippen molar-refractivity contribution in [3.63, 3.8) is 0 Å². The minimum atomic E-state index is 0.728. The molecule has 1 saturated heterocycles. The molecule has 1 aromatic rings. The third-order valence-corrected chi connectivity index (χ3v) is 4.05. The topological polar surface area (TPSA) is 33.1 Å². The highest BCUT2D eigenvalue weighted by molar-refractivity contribution is 7.73. The van der Waals surface area contributed by atoms with E-state index in [2.05, 4.69) is 21.9 Å². The van der Waals surface area contributed by atoms with Gasteiger partial charge in [0.15, 0.2) is 3.95 Å². The Kier molecular flexibility index (Phi) is 4.70. The minimum absolute atomic E-state index is 0.728. The minimum Gasteiger partial charge on any atom is -0.357 e. The molecule has 2 rings (SSSR count). The summed E-state index contributed by atoms with van der Waals surface area (Å²) in [6.07, 6.45) is 5.75. The SMILES string of the molecule is C=CCNc1nn(CN2CCCCC2)c(=S)s1. The van der Waals surface area contributed by atoms with Gasteiger partial charge in [-0.1, -0.05) is 23.8 Å². The van der Waals surface area contributed by atoms with Crippen LogP contribution < -0.4 is 5.32 Å². The summed E-state index contributed by atoms with van der Waals surface area (Å²) in [6, 6.07) is 0. The normalized spacial score (nSPS) is 16.9. The van der Waals surface area contributed by atoms with Crippen LogP contribution in [0.1, 0.15) is 19.3 Å². The van der Waals surface area contributed by atoms with E-state index in [-0.39, 0.29) is 0 Å². The number of anilines is 1. The Labute approximate surface area is 111 Å². The molecule has 0 spiro atoms. The molecule has 1 fully saturated rings.